The first-order chi connectivity index (χ1) is 15.9. The molecule has 0 spiro atoms. The highest BCUT2D eigenvalue weighted by molar-refractivity contribution is 6.04. The smallest absolute Gasteiger partial charge is 0.411 e. The summed E-state index contributed by atoms with van der Waals surface area (Å²) < 4.78 is 56.5. The number of carboxylic acid groups (broad SMARTS) is 1. The molecule has 3 rings (SSSR count). The number of carbonyl (C=O) groups is 2. The molecular weight excluding hydrogens is 466 g/mol. The van der Waals surface area contributed by atoms with E-state index < -0.39 is 63.1 Å². The zero-order chi connectivity index (χ0) is 25.4. The normalized spacial score (nSPS) is 18.0. The fraction of sp³-hybridized carbons (Fsp3) is 0.250. The number of halogens is 4. The summed E-state index contributed by atoms with van der Waals surface area (Å²) in [7, 11) is 1.26. The number of benzene rings is 2. The van der Waals surface area contributed by atoms with Crippen LogP contribution in [0.25, 0.3) is 0 Å². The van der Waals surface area contributed by atoms with Gasteiger partial charge in [0.15, 0.2) is 5.82 Å². The molecule has 1 atom stereocenters. The molecule has 2 aromatic carbocycles. The van der Waals surface area contributed by atoms with E-state index in [9.17, 15) is 32.9 Å². The van der Waals surface area contributed by atoms with E-state index in [1.165, 1.54) is 26.1 Å². The average Bonchev–Trinajstić information content (AvgIpc) is 2.72. The Kier molecular flexibility index (Phi) is 6.43. The summed E-state index contributed by atoms with van der Waals surface area (Å²) in [5.74, 6) is -3.51. The Hall–Kier alpha value is -4.23. The van der Waals surface area contributed by atoms with Crippen LogP contribution in [0.15, 0.2) is 35.3 Å². The number of nitro benzene ring substituents is 1. The molecule has 34 heavy (non-hydrogen) atoms. The number of alkyl halides is 2. The molecule has 1 heterocycles. The predicted molar refractivity (Wildman–Crippen MR) is 111 cm³/mol. The Labute approximate surface area is 189 Å². The lowest BCUT2D eigenvalue weighted by atomic mass is 9.86. The van der Waals surface area contributed by atoms with Crippen molar-refractivity contribution in [2.24, 2.45) is 4.99 Å². The lowest BCUT2D eigenvalue weighted by Gasteiger charge is -2.35. The maximum Gasteiger partial charge on any atom is 0.411 e. The molecular formula is C20H17F4N5O5. The number of carbonyl (C=O) groups excluding carboxylic acids is 1. The average molecular weight is 483 g/mol. The van der Waals surface area contributed by atoms with E-state index in [-0.39, 0.29) is 17.9 Å². The van der Waals surface area contributed by atoms with Crippen LogP contribution >= 0.6 is 0 Å². The second-order valence-corrected chi connectivity index (χ2v) is 7.47. The van der Waals surface area contributed by atoms with E-state index >= 15 is 4.39 Å². The van der Waals surface area contributed by atoms with Crippen LogP contribution in [-0.4, -0.2) is 39.9 Å². The molecule has 14 heteroatoms. The summed E-state index contributed by atoms with van der Waals surface area (Å²) >= 11 is 0. The molecule has 3 N–H and O–H groups in total. The number of nitrogens with one attached hydrogen (secondary N) is 2. The molecule has 0 radical (unpaired) electrons. The van der Waals surface area contributed by atoms with Gasteiger partial charge in [0.1, 0.15) is 11.5 Å². The van der Waals surface area contributed by atoms with Gasteiger partial charge in [-0.2, -0.15) is 0 Å². The molecule has 180 valence electrons. The molecule has 2 amide bonds. The Bertz CT molecular complexity index is 1220. The fourth-order valence-electron chi connectivity index (χ4n) is 3.50. The monoisotopic (exact) mass is 483 g/mol. The van der Waals surface area contributed by atoms with Gasteiger partial charge in [0, 0.05) is 18.7 Å². The zero-order valence-corrected chi connectivity index (χ0v) is 17.6. The molecule has 0 unspecified atom stereocenters. The highest BCUT2D eigenvalue weighted by atomic mass is 19.3. The summed E-state index contributed by atoms with van der Waals surface area (Å²) in [5, 5.41) is 24.4. The Balaban J connectivity index is 2.14. The third kappa shape index (κ3) is 4.46. The van der Waals surface area contributed by atoms with Crippen molar-refractivity contribution in [3.63, 3.8) is 0 Å². The van der Waals surface area contributed by atoms with Crippen LogP contribution in [0, 0.1) is 21.7 Å². The number of amides is 2. The minimum Gasteiger partial charge on any atom is -0.465 e. The van der Waals surface area contributed by atoms with Crippen LogP contribution in [0.1, 0.15) is 30.9 Å². The molecule has 0 bridgehead atoms. The highest BCUT2D eigenvalue weighted by Crippen LogP contribution is 2.41. The Morgan fingerprint density at radius 2 is 1.97 bits per heavy atom. The molecule has 2 aromatic rings. The maximum atomic E-state index is 15.5. The van der Waals surface area contributed by atoms with E-state index in [0.29, 0.717) is 12.1 Å². The number of nitrogens with zero attached hydrogens (tertiary/aromatic N) is 3. The first kappa shape index (κ1) is 24.4. The number of guanidine groups is 1. The van der Waals surface area contributed by atoms with Crippen molar-refractivity contribution in [2.75, 3.05) is 12.4 Å². The van der Waals surface area contributed by atoms with E-state index in [2.05, 4.69) is 10.3 Å². The Morgan fingerprint density at radius 3 is 2.56 bits per heavy atom. The van der Waals surface area contributed by atoms with Gasteiger partial charge in [0.2, 0.25) is 11.9 Å². The van der Waals surface area contributed by atoms with Crippen molar-refractivity contribution < 1.29 is 37.2 Å². The summed E-state index contributed by atoms with van der Waals surface area (Å²) in [4.78, 5) is 38.8. The number of aliphatic imine (C=N–C) groups is 1. The van der Waals surface area contributed by atoms with Crippen LogP contribution in [0.3, 0.4) is 0 Å². The van der Waals surface area contributed by atoms with Crippen molar-refractivity contribution >= 4 is 35.0 Å². The first-order valence-electron chi connectivity index (χ1n) is 9.53. The van der Waals surface area contributed by atoms with Gasteiger partial charge in [-0.05, 0) is 19.1 Å². The van der Waals surface area contributed by atoms with Crippen molar-refractivity contribution in [3.8, 4) is 0 Å². The van der Waals surface area contributed by atoms with Crippen molar-refractivity contribution in [3.05, 3.63) is 63.2 Å². The molecule has 1 aliphatic rings. The SMILES string of the molecule is CN1C(=O)C[C@@](C)(c2cccc(Nc3c([N+](=O)[O-])ccc(F)c3C(F)F)c2F)N=C1NC(=O)O. The predicted octanol–water partition coefficient (Wildman–Crippen LogP) is 4.26. The van der Waals surface area contributed by atoms with E-state index in [1.807, 2.05) is 5.32 Å². The van der Waals surface area contributed by atoms with Crippen molar-refractivity contribution in [1.82, 2.24) is 10.2 Å². The molecule has 0 aliphatic carbocycles. The second-order valence-electron chi connectivity index (χ2n) is 7.47. The first-order valence-corrected chi connectivity index (χ1v) is 9.53. The van der Waals surface area contributed by atoms with Crippen LogP contribution < -0.4 is 10.6 Å². The summed E-state index contributed by atoms with van der Waals surface area (Å²) in [6.07, 6.45) is -5.35. The largest absolute Gasteiger partial charge is 0.465 e. The topological polar surface area (TPSA) is 137 Å². The summed E-state index contributed by atoms with van der Waals surface area (Å²) in [6.45, 7) is 1.35. The van der Waals surface area contributed by atoms with Crippen LogP contribution in [-0.2, 0) is 10.3 Å². The number of hydrogen-bond acceptors (Lipinski definition) is 6. The number of hydrogen-bond donors (Lipinski definition) is 3. The van der Waals surface area contributed by atoms with Crippen molar-refractivity contribution in [1.29, 1.82) is 0 Å². The lowest BCUT2D eigenvalue weighted by molar-refractivity contribution is -0.384. The summed E-state index contributed by atoms with van der Waals surface area (Å²) in [5.41, 5.74) is -5.54. The van der Waals surface area contributed by atoms with Gasteiger partial charge in [-0.25, -0.2) is 27.3 Å². The van der Waals surface area contributed by atoms with Gasteiger partial charge in [-0.3, -0.25) is 25.1 Å². The minimum atomic E-state index is -3.45. The summed E-state index contributed by atoms with van der Waals surface area (Å²) in [6, 6.07) is 4.74. The van der Waals surface area contributed by atoms with E-state index in [4.69, 9.17) is 5.11 Å². The Morgan fingerprint density at radius 1 is 1.29 bits per heavy atom. The third-order valence-electron chi connectivity index (χ3n) is 5.18. The van der Waals surface area contributed by atoms with E-state index in [1.54, 1.807) is 0 Å². The fourth-order valence-corrected chi connectivity index (χ4v) is 3.50. The van der Waals surface area contributed by atoms with Gasteiger partial charge in [0.25, 0.3) is 12.1 Å². The van der Waals surface area contributed by atoms with Crippen LogP contribution in [0.5, 0.6) is 0 Å². The molecule has 0 aromatic heterocycles. The third-order valence-corrected chi connectivity index (χ3v) is 5.18. The van der Waals surface area contributed by atoms with Crippen LogP contribution in [0.2, 0.25) is 0 Å². The number of nitro groups is 1. The molecule has 0 saturated heterocycles. The standard InChI is InChI=1S/C20H17F4N5O5/c1-20(8-13(30)28(2)18(27-20)26-19(31)32)9-4-3-5-11(15(9)22)25-16-12(29(33)34)7-6-10(21)14(16)17(23)24/h3-7,17,25H,8H2,1-2H3,(H,26,27)(H,31,32)/t20-/m0/s1. The molecule has 1 aliphatic heterocycles. The second kappa shape index (κ2) is 8.96. The zero-order valence-electron chi connectivity index (χ0n) is 17.6. The number of rotatable bonds is 5. The molecule has 10 nitrogen and oxygen atoms in total. The highest BCUT2D eigenvalue weighted by Gasteiger charge is 2.40. The maximum absolute atomic E-state index is 15.5. The quantitative estimate of drug-likeness (QED) is 0.330. The van der Waals surface area contributed by atoms with Gasteiger partial charge in [-0.1, -0.05) is 12.1 Å². The van der Waals surface area contributed by atoms with Gasteiger partial charge < -0.3 is 10.4 Å². The van der Waals surface area contributed by atoms with Crippen molar-refractivity contribution in [2.45, 2.75) is 25.3 Å². The number of anilines is 2. The van der Waals surface area contributed by atoms with Gasteiger partial charge in [0.05, 0.1) is 28.1 Å². The van der Waals surface area contributed by atoms with E-state index in [0.717, 1.165) is 11.0 Å². The van der Waals surface area contributed by atoms with Crippen LogP contribution in [0.4, 0.5) is 39.4 Å². The van der Waals surface area contributed by atoms with Gasteiger partial charge >= 0.3 is 6.09 Å². The molecule has 0 fully saturated rings. The molecule has 0 saturated carbocycles. The van der Waals surface area contributed by atoms with Gasteiger partial charge in [-0.15, -0.1) is 0 Å². The minimum absolute atomic E-state index is 0.235. The lowest BCUT2D eigenvalue weighted by Crippen LogP contribution is -2.51.